The average Bonchev–Trinajstić information content (AvgIpc) is 2.93. The van der Waals surface area contributed by atoms with E-state index in [1.165, 1.54) is 0 Å². The number of hydrogen-bond donors (Lipinski definition) is 0. The van der Waals surface area contributed by atoms with E-state index in [-0.39, 0.29) is 0 Å². The zero-order valence-corrected chi connectivity index (χ0v) is 14.3. The van der Waals surface area contributed by atoms with Gasteiger partial charge in [-0.25, -0.2) is 0 Å². The molecule has 126 valence electrons. The largest absolute Gasteiger partial charge is 0.291 e. The number of nitrogens with zero attached hydrogens (tertiary/aromatic N) is 1. The summed E-state index contributed by atoms with van der Waals surface area (Å²) in [4.78, 5) is 30.8. The maximum absolute atomic E-state index is 13.4. The number of ketones is 2. The van der Waals surface area contributed by atoms with Gasteiger partial charge in [0.1, 0.15) is 5.41 Å². The van der Waals surface area contributed by atoms with Crippen molar-refractivity contribution in [2.75, 3.05) is 7.05 Å². The molecule has 0 N–H and O–H groups in total. The Morgan fingerprint density at radius 1 is 0.769 bits per heavy atom. The molecule has 0 radical (unpaired) electrons. The summed E-state index contributed by atoms with van der Waals surface area (Å²) in [7, 11) is 1.67. The molecule has 0 aliphatic heterocycles. The van der Waals surface area contributed by atoms with Gasteiger partial charge in [0, 0.05) is 12.6 Å². The summed E-state index contributed by atoms with van der Waals surface area (Å²) >= 11 is 0. The average molecular weight is 339 g/mol. The van der Waals surface area contributed by atoms with Gasteiger partial charge in [0.2, 0.25) is 11.6 Å². The second-order valence-electron chi connectivity index (χ2n) is 6.26. The first-order valence-corrected chi connectivity index (χ1v) is 8.48. The lowest BCUT2D eigenvalue weighted by Crippen LogP contribution is -2.44. The Morgan fingerprint density at radius 2 is 1.35 bits per heavy atom. The van der Waals surface area contributed by atoms with Gasteiger partial charge in [-0.05, 0) is 16.7 Å². The minimum Gasteiger partial charge on any atom is -0.291 e. The van der Waals surface area contributed by atoms with Gasteiger partial charge < -0.3 is 0 Å². The van der Waals surface area contributed by atoms with E-state index in [0.717, 1.165) is 11.1 Å². The van der Waals surface area contributed by atoms with Gasteiger partial charge in [-0.1, -0.05) is 84.9 Å². The third kappa shape index (κ3) is 2.10. The number of aliphatic imine (C=N–C) groups is 1. The van der Waals surface area contributed by atoms with Crippen LogP contribution in [0.3, 0.4) is 0 Å². The molecule has 26 heavy (non-hydrogen) atoms. The van der Waals surface area contributed by atoms with Gasteiger partial charge in [0.05, 0.1) is 5.71 Å². The molecular weight excluding hydrogens is 322 g/mol. The van der Waals surface area contributed by atoms with Crippen LogP contribution >= 0.6 is 0 Å². The monoisotopic (exact) mass is 339 g/mol. The van der Waals surface area contributed by atoms with Gasteiger partial charge >= 0.3 is 0 Å². The van der Waals surface area contributed by atoms with E-state index in [1.807, 2.05) is 72.8 Å². The Morgan fingerprint density at radius 3 is 2.00 bits per heavy atom. The van der Waals surface area contributed by atoms with Crippen LogP contribution in [-0.2, 0) is 10.2 Å². The zero-order chi connectivity index (χ0) is 18.1. The molecule has 0 amide bonds. The van der Waals surface area contributed by atoms with E-state index in [1.54, 1.807) is 19.2 Å². The Balaban J connectivity index is 2.12. The number of Topliss-reactive ketones (excluding diaryl/α,β-unsaturated/α-hetero) is 2. The van der Waals surface area contributed by atoms with Crippen molar-refractivity contribution in [2.45, 2.75) is 5.41 Å². The number of benzene rings is 3. The Hall–Kier alpha value is -3.33. The first-order valence-electron chi connectivity index (χ1n) is 8.48. The maximum atomic E-state index is 13.4. The lowest BCUT2D eigenvalue weighted by Gasteiger charge is -2.30. The molecule has 0 saturated carbocycles. The fraction of sp³-hybridized carbons (Fsp3) is 0.0870. The molecule has 0 aromatic heterocycles. The van der Waals surface area contributed by atoms with Gasteiger partial charge in [-0.15, -0.1) is 0 Å². The van der Waals surface area contributed by atoms with Gasteiger partial charge in [0.25, 0.3) is 0 Å². The van der Waals surface area contributed by atoms with Crippen LogP contribution in [-0.4, -0.2) is 24.3 Å². The van der Waals surface area contributed by atoms with Crippen molar-refractivity contribution in [1.82, 2.24) is 0 Å². The number of fused-ring (bicyclic) bond motifs is 1. The summed E-state index contributed by atoms with van der Waals surface area (Å²) in [6, 6.07) is 26.3. The molecule has 4 rings (SSSR count). The van der Waals surface area contributed by atoms with Crippen LogP contribution < -0.4 is 0 Å². The minimum atomic E-state index is -1.22. The van der Waals surface area contributed by atoms with Gasteiger partial charge in [-0.2, -0.15) is 0 Å². The molecule has 0 saturated heterocycles. The molecule has 3 nitrogen and oxygen atoms in total. The molecule has 1 atom stereocenters. The molecule has 1 aliphatic carbocycles. The predicted octanol–water partition coefficient (Wildman–Crippen LogP) is 3.86. The summed E-state index contributed by atoms with van der Waals surface area (Å²) in [6.45, 7) is 0. The predicted molar refractivity (Wildman–Crippen MR) is 102 cm³/mol. The van der Waals surface area contributed by atoms with Crippen molar-refractivity contribution in [3.05, 3.63) is 107 Å². The van der Waals surface area contributed by atoms with Crippen LogP contribution in [0, 0.1) is 0 Å². The molecular formula is C23H17NO2. The number of carbonyl (C=O) groups excluding carboxylic acids is 2. The van der Waals surface area contributed by atoms with Crippen molar-refractivity contribution in [3.63, 3.8) is 0 Å². The SMILES string of the molecule is CN=C(c1ccccc1)C1(c2ccccc2)C(=O)C(=O)c2ccccc21. The number of hydrogen-bond acceptors (Lipinski definition) is 3. The van der Waals surface area contributed by atoms with Crippen LogP contribution in [0.5, 0.6) is 0 Å². The minimum absolute atomic E-state index is 0.450. The molecule has 0 fully saturated rings. The summed E-state index contributed by atoms with van der Waals surface area (Å²) in [5, 5.41) is 0. The Kier molecular flexibility index (Phi) is 3.85. The van der Waals surface area contributed by atoms with Crippen molar-refractivity contribution < 1.29 is 9.59 Å². The van der Waals surface area contributed by atoms with Crippen LogP contribution in [0.4, 0.5) is 0 Å². The summed E-state index contributed by atoms with van der Waals surface area (Å²) in [6.07, 6.45) is 0. The highest BCUT2D eigenvalue weighted by molar-refractivity contribution is 6.56. The summed E-state index contributed by atoms with van der Waals surface area (Å²) in [5.41, 5.74) is 2.12. The quantitative estimate of drug-likeness (QED) is 0.537. The fourth-order valence-electron chi connectivity index (χ4n) is 3.88. The van der Waals surface area contributed by atoms with Crippen LogP contribution in [0.1, 0.15) is 27.0 Å². The van der Waals surface area contributed by atoms with Crippen LogP contribution in [0.15, 0.2) is 89.9 Å². The van der Waals surface area contributed by atoms with Gasteiger partial charge in [0.15, 0.2) is 0 Å². The Labute approximate surface area is 152 Å². The standard InChI is InChI=1S/C23H17NO2/c1-24-21(16-10-4-2-5-11-16)23(17-12-6-3-7-13-17)19-15-9-8-14-18(19)20(25)22(23)26/h2-15H,1H3. The highest BCUT2D eigenvalue weighted by Gasteiger charge is 2.56. The molecule has 0 bridgehead atoms. The lowest BCUT2D eigenvalue weighted by molar-refractivity contribution is -0.116. The van der Waals surface area contributed by atoms with E-state index in [4.69, 9.17) is 0 Å². The smallest absolute Gasteiger partial charge is 0.230 e. The van der Waals surface area contributed by atoms with Crippen molar-refractivity contribution in [1.29, 1.82) is 0 Å². The lowest BCUT2D eigenvalue weighted by atomic mass is 9.69. The Bertz CT molecular complexity index is 1020. The van der Waals surface area contributed by atoms with E-state index >= 15 is 0 Å². The first-order chi connectivity index (χ1) is 12.7. The number of carbonyl (C=O) groups is 2. The highest BCUT2D eigenvalue weighted by atomic mass is 16.2. The third-order valence-electron chi connectivity index (χ3n) is 4.96. The second-order valence-corrected chi connectivity index (χ2v) is 6.26. The summed E-state index contributed by atoms with van der Waals surface area (Å²) < 4.78 is 0. The molecule has 0 heterocycles. The molecule has 3 heteroatoms. The fourth-order valence-corrected chi connectivity index (χ4v) is 3.88. The molecule has 0 spiro atoms. The third-order valence-corrected chi connectivity index (χ3v) is 4.96. The van der Waals surface area contributed by atoms with E-state index in [0.29, 0.717) is 16.8 Å². The van der Waals surface area contributed by atoms with E-state index < -0.39 is 17.0 Å². The number of rotatable bonds is 3. The topological polar surface area (TPSA) is 46.5 Å². The van der Waals surface area contributed by atoms with Crippen molar-refractivity contribution in [3.8, 4) is 0 Å². The second kappa shape index (κ2) is 6.19. The molecule has 3 aromatic rings. The molecule has 3 aromatic carbocycles. The van der Waals surface area contributed by atoms with E-state index in [2.05, 4.69) is 4.99 Å². The van der Waals surface area contributed by atoms with Crippen LogP contribution in [0.2, 0.25) is 0 Å². The molecule has 1 aliphatic rings. The summed E-state index contributed by atoms with van der Waals surface area (Å²) in [5.74, 6) is -0.907. The van der Waals surface area contributed by atoms with Gasteiger partial charge in [-0.3, -0.25) is 14.6 Å². The molecule has 1 unspecified atom stereocenters. The first kappa shape index (κ1) is 16.2. The highest BCUT2D eigenvalue weighted by Crippen LogP contribution is 2.44. The van der Waals surface area contributed by atoms with Crippen LogP contribution in [0.25, 0.3) is 0 Å². The van der Waals surface area contributed by atoms with Crippen molar-refractivity contribution in [2.24, 2.45) is 4.99 Å². The maximum Gasteiger partial charge on any atom is 0.230 e. The zero-order valence-electron chi connectivity index (χ0n) is 14.3. The van der Waals surface area contributed by atoms with Crippen molar-refractivity contribution >= 4 is 17.3 Å². The van der Waals surface area contributed by atoms with E-state index in [9.17, 15) is 9.59 Å². The normalized spacial score (nSPS) is 19.5.